The first-order chi connectivity index (χ1) is 10.7. The van der Waals surface area contributed by atoms with E-state index in [4.69, 9.17) is 4.74 Å². The molecular weight excluding hydrogens is 298 g/mol. The van der Waals surface area contributed by atoms with Crippen molar-refractivity contribution in [3.05, 3.63) is 64.4 Å². The quantitative estimate of drug-likeness (QED) is 0.658. The molecule has 0 fully saturated rings. The number of methoxy groups -OCH3 is 1. The molecule has 2 rings (SSSR count). The van der Waals surface area contributed by atoms with Gasteiger partial charge in [-0.25, -0.2) is 4.79 Å². The maximum atomic E-state index is 12.0. The first-order valence-electron chi connectivity index (χ1n) is 6.83. The molecule has 0 aliphatic heterocycles. The summed E-state index contributed by atoms with van der Waals surface area (Å²) in [5, 5.41) is 4.62. The molecule has 22 heavy (non-hydrogen) atoms. The molecular formula is C17H17NO3S. The first kappa shape index (κ1) is 16.0. The van der Waals surface area contributed by atoms with Crippen molar-refractivity contribution in [1.29, 1.82) is 0 Å². The number of carbonyl (C=O) groups is 2. The van der Waals surface area contributed by atoms with E-state index in [9.17, 15) is 9.59 Å². The number of ether oxygens (including phenoxy) is 1. The van der Waals surface area contributed by atoms with Gasteiger partial charge in [-0.3, -0.25) is 4.79 Å². The van der Waals surface area contributed by atoms with Crippen LogP contribution in [0, 0.1) is 0 Å². The first-order valence-corrected chi connectivity index (χ1v) is 7.71. The van der Waals surface area contributed by atoms with Gasteiger partial charge in [0.05, 0.1) is 7.11 Å². The number of benzene rings is 1. The number of hydrogen-bond acceptors (Lipinski definition) is 4. The van der Waals surface area contributed by atoms with Crippen molar-refractivity contribution in [3.8, 4) is 0 Å². The van der Waals surface area contributed by atoms with Crippen LogP contribution in [0.5, 0.6) is 0 Å². The molecule has 114 valence electrons. The highest BCUT2D eigenvalue weighted by molar-refractivity contribution is 7.10. The normalized spacial score (nSPS) is 12.0. The van der Waals surface area contributed by atoms with E-state index >= 15 is 0 Å². The van der Waals surface area contributed by atoms with Gasteiger partial charge in [0, 0.05) is 17.4 Å². The van der Waals surface area contributed by atoms with Crippen LogP contribution in [-0.2, 0) is 20.7 Å². The minimum atomic E-state index is -0.701. The summed E-state index contributed by atoms with van der Waals surface area (Å²) in [5.74, 6) is -0.776. The van der Waals surface area contributed by atoms with Gasteiger partial charge in [0.2, 0.25) is 5.91 Å². The van der Waals surface area contributed by atoms with Crippen molar-refractivity contribution in [2.75, 3.05) is 7.11 Å². The van der Waals surface area contributed by atoms with Crippen LogP contribution in [0.25, 0.3) is 6.08 Å². The average molecular weight is 315 g/mol. The fourth-order valence-electron chi connectivity index (χ4n) is 1.95. The van der Waals surface area contributed by atoms with Gasteiger partial charge in [-0.1, -0.05) is 36.4 Å². The number of nitrogens with one attached hydrogen (secondary N) is 1. The zero-order valence-electron chi connectivity index (χ0n) is 12.2. The van der Waals surface area contributed by atoms with Crippen LogP contribution in [0.1, 0.15) is 10.4 Å². The van der Waals surface area contributed by atoms with Crippen molar-refractivity contribution in [1.82, 2.24) is 5.32 Å². The lowest BCUT2D eigenvalue weighted by Crippen LogP contribution is -2.42. The zero-order valence-corrected chi connectivity index (χ0v) is 13.0. The summed E-state index contributed by atoms with van der Waals surface area (Å²) in [6.45, 7) is 0. The number of hydrogen-bond donors (Lipinski definition) is 1. The Kier molecular flexibility index (Phi) is 5.91. The topological polar surface area (TPSA) is 55.4 Å². The predicted octanol–water partition coefficient (Wildman–Crippen LogP) is 2.66. The third-order valence-corrected chi connectivity index (χ3v) is 3.86. The Hall–Kier alpha value is -2.40. The van der Waals surface area contributed by atoms with Gasteiger partial charge in [-0.2, -0.15) is 0 Å². The Morgan fingerprint density at radius 1 is 1.23 bits per heavy atom. The summed E-state index contributed by atoms with van der Waals surface area (Å²) in [4.78, 5) is 24.8. The average Bonchev–Trinajstić information content (AvgIpc) is 3.06. The molecule has 1 heterocycles. The second-order valence-corrected chi connectivity index (χ2v) is 5.60. The maximum Gasteiger partial charge on any atom is 0.328 e. The van der Waals surface area contributed by atoms with E-state index in [1.165, 1.54) is 24.5 Å². The molecule has 4 nitrogen and oxygen atoms in total. The third kappa shape index (κ3) is 4.86. The standard InChI is InChI=1S/C17H17NO3S/c1-21-17(20)15(12-13-6-3-2-4-7-13)18-16(19)10-9-14-8-5-11-22-14/h2-11,15H,12H2,1H3,(H,18,19). The molecule has 0 spiro atoms. The Morgan fingerprint density at radius 2 is 2.00 bits per heavy atom. The number of thiophene rings is 1. The number of carbonyl (C=O) groups excluding carboxylic acids is 2. The lowest BCUT2D eigenvalue weighted by molar-refractivity contribution is -0.144. The highest BCUT2D eigenvalue weighted by Crippen LogP contribution is 2.10. The summed E-state index contributed by atoms with van der Waals surface area (Å²) in [6, 6.07) is 12.6. The van der Waals surface area contributed by atoms with Gasteiger partial charge in [-0.05, 0) is 23.1 Å². The van der Waals surface area contributed by atoms with Crippen LogP contribution in [0.2, 0.25) is 0 Å². The fourth-order valence-corrected chi connectivity index (χ4v) is 2.57. The number of rotatable bonds is 6. The molecule has 5 heteroatoms. The van der Waals surface area contributed by atoms with E-state index in [0.717, 1.165) is 10.4 Å². The molecule has 0 aliphatic rings. The molecule has 1 amide bonds. The second-order valence-electron chi connectivity index (χ2n) is 4.62. The number of amides is 1. The van der Waals surface area contributed by atoms with Crippen LogP contribution in [0.3, 0.4) is 0 Å². The lowest BCUT2D eigenvalue weighted by Gasteiger charge is -2.15. The Balaban J connectivity index is 2.00. The van der Waals surface area contributed by atoms with Crippen LogP contribution in [-0.4, -0.2) is 25.0 Å². The van der Waals surface area contributed by atoms with Gasteiger partial charge in [0.15, 0.2) is 0 Å². The monoisotopic (exact) mass is 315 g/mol. The molecule has 0 saturated carbocycles. The molecule has 1 aromatic carbocycles. The fraction of sp³-hybridized carbons (Fsp3) is 0.176. The van der Waals surface area contributed by atoms with Crippen molar-refractivity contribution < 1.29 is 14.3 Å². The lowest BCUT2D eigenvalue weighted by atomic mass is 10.1. The van der Waals surface area contributed by atoms with E-state index in [2.05, 4.69) is 5.32 Å². The van der Waals surface area contributed by atoms with Gasteiger partial charge < -0.3 is 10.1 Å². The minimum Gasteiger partial charge on any atom is -0.467 e. The number of esters is 1. The van der Waals surface area contributed by atoms with E-state index in [0.29, 0.717) is 6.42 Å². The van der Waals surface area contributed by atoms with E-state index in [1.54, 1.807) is 6.08 Å². The van der Waals surface area contributed by atoms with Gasteiger partial charge >= 0.3 is 5.97 Å². The molecule has 2 aromatic rings. The molecule has 1 N–H and O–H groups in total. The summed E-state index contributed by atoms with van der Waals surface area (Å²) in [6.07, 6.45) is 3.54. The summed E-state index contributed by atoms with van der Waals surface area (Å²) < 4.78 is 4.76. The van der Waals surface area contributed by atoms with Gasteiger partial charge in [-0.15, -0.1) is 11.3 Å². The van der Waals surface area contributed by atoms with E-state index in [-0.39, 0.29) is 5.91 Å². The van der Waals surface area contributed by atoms with E-state index in [1.807, 2.05) is 47.8 Å². The molecule has 1 unspecified atom stereocenters. The highest BCUT2D eigenvalue weighted by atomic mass is 32.1. The third-order valence-electron chi connectivity index (χ3n) is 3.03. The largest absolute Gasteiger partial charge is 0.467 e. The zero-order chi connectivity index (χ0) is 15.8. The van der Waals surface area contributed by atoms with Crippen molar-refractivity contribution >= 4 is 29.3 Å². The Labute approximate surface area is 133 Å². The molecule has 1 atom stereocenters. The van der Waals surface area contributed by atoms with Crippen LogP contribution >= 0.6 is 11.3 Å². The predicted molar refractivity (Wildman–Crippen MR) is 87.4 cm³/mol. The minimum absolute atomic E-state index is 0.320. The summed E-state index contributed by atoms with van der Waals surface area (Å²) in [5.41, 5.74) is 0.959. The molecule has 0 bridgehead atoms. The molecule has 0 saturated heterocycles. The second kappa shape index (κ2) is 8.14. The van der Waals surface area contributed by atoms with Crippen LogP contribution in [0.4, 0.5) is 0 Å². The van der Waals surface area contributed by atoms with Gasteiger partial charge in [0.25, 0.3) is 0 Å². The summed E-state index contributed by atoms with van der Waals surface area (Å²) >= 11 is 1.54. The summed E-state index contributed by atoms with van der Waals surface area (Å²) in [7, 11) is 1.31. The van der Waals surface area contributed by atoms with Crippen molar-refractivity contribution in [2.45, 2.75) is 12.5 Å². The van der Waals surface area contributed by atoms with Crippen LogP contribution in [0.15, 0.2) is 53.9 Å². The van der Waals surface area contributed by atoms with Gasteiger partial charge in [0.1, 0.15) is 6.04 Å². The van der Waals surface area contributed by atoms with Crippen molar-refractivity contribution in [3.63, 3.8) is 0 Å². The maximum absolute atomic E-state index is 12.0. The molecule has 0 aliphatic carbocycles. The van der Waals surface area contributed by atoms with E-state index < -0.39 is 12.0 Å². The molecule has 1 aromatic heterocycles. The van der Waals surface area contributed by atoms with Crippen LogP contribution < -0.4 is 5.32 Å². The Bertz CT molecular complexity index is 635. The smallest absolute Gasteiger partial charge is 0.328 e. The molecule has 0 radical (unpaired) electrons. The SMILES string of the molecule is COC(=O)C(Cc1ccccc1)NC(=O)C=Cc1cccs1. The highest BCUT2D eigenvalue weighted by Gasteiger charge is 2.20. The Morgan fingerprint density at radius 3 is 2.64 bits per heavy atom. The van der Waals surface area contributed by atoms with Crippen molar-refractivity contribution in [2.24, 2.45) is 0 Å².